The number of pyridine rings is 1. The highest BCUT2D eigenvalue weighted by molar-refractivity contribution is 6.33. The fraction of sp³-hybridized carbons (Fsp3) is 0.300. The van der Waals surface area contributed by atoms with Gasteiger partial charge in [0.25, 0.3) is 0 Å². The highest BCUT2D eigenvalue weighted by atomic mass is 35.5. The number of benzene rings is 1. The molecule has 1 aliphatic heterocycles. The van der Waals surface area contributed by atoms with E-state index in [9.17, 15) is 0 Å². The molecule has 3 aromatic rings. The van der Waals surface area contributed by atoms with Crippen LogP contribution >= 0.6 is 11.6 Å². The van der Waals surface area contributed by atoms with Crippen LogP contribution in [0.1, 0.15) is 30.0 Å². The molecule has 0 radical (unpaired) electrons. The van der Waals surface area contributed by atoms with Crippen molar-refractivity contribution in [3.63, 3.8) is 0 Å². The van der Waals surface area contributed by atoms with Crippen molar-refractivity contribution in [1.82, 2.24) is 20.1 Å². The molecule has 4 rings (SSSR count). The molecule has 0 amide bonds. The summed E-state index contributed by atoms with van der Waals surface area (Å²) in [6.07, 6.45) is 3.94. The fourth-order valence-electron chi connectivity index (χ4n) is 3.58. The molecule has 0 spiro atoms. The molecule has 0 aliphatic carbocycles. The number of anilines is 1. The second-order valence-electron chi connectivity index (χ2n) is 6.79. The first kappa shape index (κ1) is 17.1. The molecule has 1 aromatic carbocycles. The van der Waals surface area contributed by atoms with Crippen LogP contribution in [0.25, 0.3) is 11.3 Å². The zero-order chi connectivity index (χ0) is 17.9. The van der Waals surface area contributed by atoms with Crippen molar-refractivity contribution in [3.05, 3.63) is 64.9 Å². The molecule has 0 saturated carbocycles. The summed E-state index contributed by atoms with van der Waals surface area (Å²) < 4.78 is 0. The molecular weight excluding hydrogens is 346 g/mol. The topological polar surface area (TPSA) is 70.8 Å². The van der Waals surface area contributed by atoms with Crippen molar-refractivity contribution in [2.45, 2.75) is 25.3 Å². The SMILES string of the molecule is Nc1ncccc1CN1CCC(c2cc(-c3ccccc3Cl)n[nH]2)CC1. The van der Waals surface area contributed by atoms with Crippen LogP contribution in [0.3, 0.4) is 0 Å². The van der Waals surface area contributed by atoms with E-state index >= 15 is 0 Å². The van der Waals surface area contributed by atoms with Crippen molar-refractivity contribution in [3.8, 4) is 11.3 Å². The van der Waals surface area contributed by atoms with E-state index in [1.54, 1.807) is 6.20 Å². The molecule has 26 heavy (non-hydrogen) atoms. The van der Waals surface area contributed by atoms with Gasteiger partial charge in [-0.15, -0.1) is 0 Å². The summed E-state index contributed by atoms with van der Waals surface area (Å²) in [7, 11) is 0. The second-order valence-corrected chi connectivity index (χ2v) is 7.19. The van der Waals surface area contributed by atoms with E-state index in [4.69, 9.17) is 17.3 Å². The Morgan fingerprint density at radius 3 is 2.73 bits per heavy atom. The maximum atomic E-state index is 6.29. The predicted octanol–water partition coefficient (Wildman–Crippen LogP) is 4.09. The Morgan fingerprint density at radius 2 is 1.96 bits per heavy atom. The number of aromatic amines is 1. The average Bonchev–Trinajstić information content (AvgIpc) is 3.14. The third kappa shape index (κ3) is 3.59. The Hall–Kier alpha value is -2.37. The standard InChI is InChI=1S/C20H22ClN5/c21-17-6-2-1-5-16(17)19-12-18(24-25-19)14-7-10-26(11-8-14)13-15-4-3-9-23-20(15)22/h1-6,9,12,14H,7-8,10-11,13H2,(H2,22,23)(H,24,25). The van der Waals surface area contributed by atoms with Crippen LogP contribution in [0.2, 0.25) is 5.02 Å². The van der Waals surface area contributed by atoms with E-state index in [0.29, 0.717) is 11.7 Å². The Morgan fingerprint density at radius 1 is 1.15 bits per heavy atom. The number of nitrogen functional groups attached to an aromatic ring is 1. The van der Waals surface area contributed by atoms with Gasteiger partial charge in [-0.1, -0.05) is 35.9 Å². The van der Waals surface area contributed by atoms with Crippen molar-refractivity contribution >= 4 is 17.4 Å². The quantitative estimate of drug-likeness (QED) is 0.728. The lowest BCUT2D eigenvalue weighted by molar-refractivity contribution is 0.203. The highest BCUT2D eigenvalue weighted by Crippen LogP contribution is 2.32. The van der Waals surface area contributed by atoms with Crippen LogP contribution in [0.15, 0.2) is 48.7 Å². The molecule has 1 fully saturated rings. The molecule has 3 N–H and O–H groups in total. The number of nitrogens with zero attached hydrogens (tertiary/aromatic N) is 3. The summed E-state index contributed by atoms with van der Waals surface area (Å²) in [4.78, 5) is 6.61. The fourth-order valence-corrected chi connectivity index (χ4v) is 3.81. The van der Waals surface area contributed by atoms with Gasteiger partial charge in [0.1, 0.15) is 5.82 Å². The largest absolute Gasteiger partial charge is 0.383 e. The second kappa shape index (κ2) is 7.48. The minimum Gasteiger partial charge on any atom is -0.383 e. The van der Waals surface area contributed by atoms with Crippen molar-refractivity contribution < 1.29 is 0 Å². The van der Waals surface area contributed by atoms with Gasteiger partial charge in [-0.25, -0.2) is 4.98 Å². The van der Waals surface area contributed by atoms with Gasteiger partial charge in [-0.3, -0.25) is 10.00 Å². The van der Waals surface area contributed by atoms with Gasteiger partial charge < -0.3 is 5.73 Å². The first-order valence-electron chi connectivity index (χ1n) is 8.92. The number of rotatable bonds is 4. The lowest BCUT2D eigenvalue weighted by atomic mass is 9.93. The summed E-state index contributed by atoms with van der Waals surface area (Å²) in [6, 6.07) is 14.0. The minimum absolute atomic E-state index is 0.501. The first-order chi connectivity index (χ1) is 12.7. The van der Waals surface area contributed by atoms with E-state index in [-0.39, 0.29) is 0 Å². The van der Waals surface area contributed by atoms with Crippen LogP contribution in [-0.2, 0) is 6.54 Å². The number of piperidine rings is 1. The van der Waals surface area contributed by atoms with Crippen LogP contribution in [0.4, 0.5) is 5.82 Å². The van der Waals surface area contributed by atoms with E-state index < -0.39 is 0 Å². The van der Waals surface area contributed by atoms with Gasteiger partial charge in [0.05, 0.1) is 10.7 Å². The lowest BCUT2D eigenvalue weighted by Gasteiger charge is -2.31. The van der Waals surface area contributed by atoms with Gasteiger partial charge in [0, 0.05) is 35.5 Å². The molecule has 134 valence electrons. The highest BCUT2D eigenvalue weighted by Gasteiger charge is 2.23. The number of likely N-dealkylation sites (tertiary alicyclic amines) is 1. The van der Waals surface area contributed by atoms with E-state index in [0.717, 1.165) is 54.3 Å². The molecule has 2 aromatic heterocycles. The summed E-state index contributed by atoms with van der Waals surface area (Å²) in [5.41, 5.74) is 10.2. The minimum atomic E-state index is 0.501. The molecule has 0 atom stereocenters. The number of halogens is 1. The lowest BCUT2D eigenvalue weighted by Crippen LogP contribution is -2.32. The van der Waals surface area contributed by atoms with E-state index in [2.05, 4.69) is 32.2 Å². The van der Waals surface area contributed by atoms with E-state index in [1.165, 1.54) is 5.69 Å². The van der Waals surface area contributed by atoms with Crippen LogP contribution in [-0.4, -0.2) is 33.2 Å². The Labute approximate surface area is 158 Å². The van der Waals surface area contributed by atoms with Crippen molar-refractivity contribution in [2.75, 3.05) is 18.8 Å². The Kier molecular flexibility index (Phi) is 4.91. The van der Waals surface area contributed by atoms with Crippen molar-refractivity contribution in [2.24, 2.45) is 0 Å². The van der Waals surface area contributed by atoms with Crippen LogP contribution in [0, 0.1) is 0 Å². The normalized spacial score (nSPS) is 16.0. The Balaban J connectivity index is 1.40. The van der Waals surface area contributed by atoms with Crippen LogP contribution in [0.5, 0.6) is 0 Å². The third-order valence-corrected chi connectivity index (χ3v) is 5.42. The van der Waals surface area contributed by atoms with Gasteiger partial charge >= 0.3 is 0 Å². The summed E-state index contributed by atoms with van der Waals surface area (Å²) in [6.45, 7) is 2.94. The predicted molar refractivity (Wildman–Crippen MR) is 105 cm³/mol. The van der Waals surface area contributed by atoms with Gasteiger partial charge in [-0.2, -0.15) is 5.10 Å². The Bertz CT molecular complexity index is 883. The number of H-pyrrole nitrogens is 1. The molecule has 0 bridgehead atoms. The number of aromatic nitrogens is 3. The molecule has 1 saturated heterocycles. The molecule has 3 heterocycles. The average molecular weight is 368 g/mol. The number of hydrogen-bond acceptors (Lipinski definition) is 4. The summed E-state index contributed by atoms with van der Waals surface area (Å²) >= 11 is 6.29. The van der Waals surface area contributed by atoms with Crippen molar-refractivity contribution in [1.29, 1.82) is 0 Å². The molecular formula is C20H22ClN5. The molecule has 5 nitrogen and oxygen atoms in total. The number of nitrogens with two attached hydrogens (primary N) is 1. The van der Waals surface area contributed by atoms with Crippen LogP contribution < -0.4 is 5.73 Å². The van der Waals surface area contributed by atoms with Gasteiger partial charge in [-0.05, 0) is 44.1 Å². The monoisotopic (exact) mass is 367 g/mol. The number of nitrogens with one attached hydrogen (secondary N) is 1. The smallest absolute Gasteiger partial charge is 0.127 e. The molecule has 0 unspecified atom stereocenters. The van der Waals surface area contributed by atoms with Gasteiger partial charge in [0.2, 0.25) is 0 Å². The summed E-state index contributed by atoms with van der Waals surface area (Å²) in [5.74, 6) is 1.13. The van der Waals surface area contributed by atoms with Gasteiger partial charge in [0.15, 0.2) is 0 Å². The summed E-state index contributed by atoms with van der Waals surface area (Å²) in [5, 5.41) is 8.42. The zero-order valence-corrected chi connectivity index (χ0v) is 15.3. The third-order valence-electron chi connectivity index (χ3n) is 5.09. The maximum absolute atomic E-state index is 6.29. The first-order valence-corrected chi connectivity index (χ1v) is 9.30. The molecule has 6 heteroatoms. The molecule has 1 aliphatic rings. The maximum Gasteiger partial charge on any atom is 0.127 e. The number of hydrogen-bond donors (Lipinski definition) is 2. The van der Waals surface area contributed by atoms with E-state index in [1.807, 2.05) is 30.3 Å². The zero-order valence-electron chi connectivity index (χ0n) is 14.5.